The maximum Gasteiger partial charge on any atom is 0.339 e. The molecule has 1 unspecified atom stereocenters. The topological polar surface area (TPSA) is 54.0 Å². The molecule has 1 atom stereocenters. The van der Waals surface area contributed by atoms with Gasteiger partial charge in [0.2, 0.25) is 6.79 Å². The summed E-state index contributed by atoms with van der Waals surface area (Å²) in [5.41, 5.74) is 2.32. The van der Waals surface area contributed by atoms with E-state index in [-0.39, 0.29) is 25.3 Å². The average molecular weight is 343 g/mol. The molecule has 5 nitrogen and oxygen atoms in total. The van der Waals surface area contributed by atoms with Crippen molar-refractivity contribution in [2.75, 3.05) is 13.4 Å². The van der Waals surface area contributed by atoms with E-state index < -0.39 is 0 Å². The first kappa shape index (κ1) is 13.7. The van der Waals surface area contributed by atoms with E-state index in [4.69, 9.17) is 30.5 Å². The Labute approximate surface area is 142 Å². The van der Waals surface area contributed by atoms with Crippen molar-refractivity contribution in [2.24, 2.45) is 0 Å². The molecule has 2 aromatic rings. The van der Waals surface area contributed by atoms with Crippen molar-refractivity contribution in [2.45, 2.75) is 5.92 Å². The minimum atomic E-state index is -0.353. The van der Waals surface area contributed by atoms with E-state index in [2.05, 4.69) is 0 Å². The molecule has 0 N–H and O–H groups in total. The molecule has 24 heavy (non-hydrogen) atoms. The Morgan fingerprint density at radius 3 is 2.50 bits per heavy atom. The Balaban J connectivity index is 1.73. The molecule has 0 saturated carbocycles. The number of carbonyl (C=O) groups excluding carboxylic acids is 1. The van der Waals surface area contributed by atoms with Gasteiger partial charge in [-0.15, -0.1) is 0 Å². The Hall–Kier alpha value is -2.66. The summed E-state index contributed by atoms with van der Waals surface area (Å²) in [7, 11) is 0. The van der Waals surface area contributed by atoms with Gasteiger partial charge in [-0.3, -0.25) is 0 Å². The molecule has 6 heteroatoms. The minimum absolute atomic E-state index is 0.145. The number of fused-ring (bicyclic) bond motifs is 2. The lowest BCUT2D eigenvalue weighted by atomic mass is 9.82. The van der Waals surface area contributed by atoms with Gasteiger partial charge in [0.05, 0.1) is 5.57 Å². The highest BCUT2D eigenvalue weighted by atomic mass is 35.5. The van der Waals surface area contributed by atoms with Gasteiger partial charge in [-0.1, -0.05) is 23.7 Å². The first-order chi connectivity index (χ1) is 11.7. The second kappa shape index (κ2) is 4.92. The molecule has 0 aromatic heterocycles. The van der Waals surface area contributed by atoms with Crippen molar-refractivity contribution >= 4 is 17.6 Å². The van der Waals surface area contributed by atoms with Gasteiger partial charge in [-0.2, -0.15) is 0 Å². The highest BCUT2D eigenvalue weighted by Gasteiger charge is 2.41. The number of carbonyl (C=O) groups is 1. The van der Waals surface area contributed by atoms with E-state index in [1.807, 2.05) is 18.2 Å². The fourth-order valence-electron chi connectivity index (χ4n) is 3.31. The van der Waals surface area contributed by atoms with E-state index >= 15 is 0 Å². The predicted octanol–water partition coefficient (Wildman–Crippen LogP) is 3.40. The van der Waals surface area contributed by atoms with Crippen LogP contribution in [0.2, 0.25) is 5.02 Å². The first-order valence-electron chi connectivity index (χ1n) is 7.48. The number of rotatable bonds is 1. The predicted molar refractivity (Wildman–Crippen MR) is 84.5 cm³/mol. The molecule has 3 aliphatic rings. The highest BCUT2D eigenvalue weighted by molar-refractivity contribution is 6.30. The van der Waals surface area contributed by atoms with Crippen LogP contribution in [0.4, 0.5) is 0 Å². The average Bonchev–Trinajstić information content (AvgIpc) is 3.18. The summed E-state index contributed by atoms with van der Waals surface area (Å²) >= 11 is 6.00. The second-order valence-electron chi connectivity index (χ2n) is 5.74. The lowest BCUT2D eigenvalue weighted by Gasteiger charge is -2.26. The van der Waals surface area contributed by atoms with Crippen LogP contribution in [0, 0.1) is 0 Å². The Kier molecular flexibility index (Phi) is 2.82. The van der Waals surface area contributed by atoms with Crippen molar-refractivity contribution in [3.63, 3.8) is 0 Å². The molecule has 120 valence electrons. The van der Waals surface area contributed by atoms with Crippen LogP contribution in [0.3, 0.4) is 0 Å². The van der Waals surface area contributed by atoms with Crippen molar-refractivity contribution in [3.8, 4) is 17.2 Å². The number of cyclic esters (lactones) is 1. The van der Waals surface area contributed by atoms with Crippen LogP contribution in [0.1, 0.15) is 17.0 Å². The van der Waals surface area contributed by atoms with Gasteiger partial charge in [0, 0.05) is 22.6 Å². The third-order valence-corrected chi connectivity index (χ3v) is 4.65. The molecule has 0 fully saturated rings. The third kappa shape index (κ3) is 1.91. The zero-order valence-corrected chi connectivity index (χ0v) is 13.1. The number of esters is 1. The van der Waals surface area contributed by atoms with Gasteiger partial charge < -0.3 is 18.9 Å². The maximum absolute atomic E-state index is 12.3. The molecule has 0 radical (unpaired) electrons. The third-order valence-electron chi connectivity index (χ3n) is 4.40. The summed E-state index contributed by atoms with van der Waals surface area (Å²) < 4.78 is 22.0. The van der Waals surface area contributed by atoms with Gasteiger partial charge in [-0.05, 0) is 23.8 Å². The van der Waals surface area contributed by atoms with Gasteiger partial charge in [0.25, 0.3) is 0 Å². The molecule has 5 rings (SSSR count). The summed E-state index contributed by atoms with van der Waals surface area (Å²) in [6.45, 7) is 0.325. The summed E-state index contributed by atoms with van der Waals surface area (Å²) in [6.07, 6.45) is 0. The monoisotopic (exact) mass is 342 g/mol. The summed E-state index contributed by atoms with van der Waals surface area (Å²) in [5, 5.41) is 0.639. The van der Waals surface area contributed by atoms with Crippen molar-refractivity contribution in [3.05, 3.63) is 63.9 Å². The molecule has 0 amide bonds. The van der Waals surface area contributed by atoms with Gasteiger partial charge in [-0.25, -0.2) is 4.79 Å². The number of hydrogen-bond acceptors (Lipinski definition) is 5. The molecular formula is C18H11ClO5. The van der Waals surface area contributed by atoms with Gasteiger partial charge in [0.1, 0.15) is 12.4 Å². The van der Waals surface area contributed by atoms with E-state index in [1.54, 1.807) is 18.2 Å². The molecule has 3 heterocycles. The van der Waals surface area contributed by atoms with Crippen LogP contribution >= 0.6 is 11.6 Å². The molecule has 2 aromatic carbocycles. The smallest absolute Gasteiger partial charge is 0.339 e. The van der Waals surface area contributed by atoms with E-state index in [1.165, 1.54) is 0 Å². The fraction of sp³-hybridized carbons (Fsp3) is 0.167. The molecule has 0 bridgehead atoms. The Bertz CT molecular complexity index is 900. The maximum atomic E-state index is 12.3. The number of halogens is 1. The van der Waals surface area contributed by atoms with Crippen molar-refractivity contribution in [1.82, 2.24) is 0 Å². The molecule has 0 aliphatic carbocycles. The zero-order valence-electron chi connectivity index (χ0n) is 12.4. The van der Waals surface area contributed by atoms with Crippen LogP contribution in [0.5, 0.6) is 17.2 Å². The summed E-state index contributed by atoms with van der Waals surface area (Å²) in [4.78, 5) is 12.3. The number of ether oxygens (including phenoxy) is 4. The second-order valence-corrected chi connectivity index (χ2v) is 6.18. The van der Waals surface area contributed by atoms with Crippen LogP contribution in [0.15, 0.2) is 47.7 Å². The van der Waals surface area contributed by atoms with Crippen LogP contribution < -0.4 is 14.2 Å². The SMILES string of the molecule is O=C1OCC2=C1C(c1ccc(Cl)cc1)c1cc3c(cc1O2)OCO3. The van der Waals surface area contributed by atoms with Crippen molar-refractivity contribution in [1.29, 1.82) is 0 Å². The largest absolute Gasteiger partial charge is 0.457 e. The number of hydrogen-bond donors (Lipinski definition) is 0. The molecule has 0 saturated heterocycles. The van der Waals surface area contributed by atoms with Gasteiger partial charge >= 0.3 is 5.97 Å². The summed E-state index contributed by atoms with van der Waals surface area (Å²) in [5.74, 6) is 1.84. The van der Waals surface area contributed by atoms with Crippen LogP contribution in [0.25, 0.3) is 0 Å². The van der Waals surface area contributed by atoms with Gasteiger partial charge in [0.15, 0.2) is 17.3 Å². The standard InChI is InChI=1S/C18H11ClO5/c19-10-3-1-9(2-4-10)16-11-5-13-14(23-8-22-13)6-12(11)24-15-7-21-18(20)17(15)16/h1-6,16H,7-8H2. The minimum Gasteiger partial charge on any atom is -0.457 e. The lowest BCUT2D eigenvalue weighted by molar-refractivity contribution is -0.136. The molecular weight excluding hydrogens is 332 g/mol. The Morgan fingerprint density at radius 1 is 0.958 bits per heavy atom. The van der Waals surface area contributed by atoms with E-state index in [0.29, 0.717) is 33.6 Å². The van der Waals surface area contributed by atoms with Crippen molar-refractivity contribution < 1.29 is 23.7 Å². The van der Waals surface area contributed by atoms with Crippen LogP contribution in [-0.2, 0) is 9.53 Å². The normalized spacial score (nSPS) is 20.4. The van der Waals surface area contributed by atoms with E-state index in [9.17, 15) is 4.79 Å². The first-order valence-corrected chi connectivity index (χ1v) is 7.85. The van der Waals surface area contributed by atoms with E-state index in [0.717, 1.165) is 11.1 Å². The zero-order chi connectivity index (χ0) is 16.3. The molecule has 3 aliphatic heterocycles. The highest BCUT2D eigenvalue weighted by Crippen LogP contribution is 2.50. The van der Waals surface area contributed by atoms with Crippen LogP contribution in [-0.4, -0.2) is 19.4 Å². The number of benzene rings is 2. The quantitative estimate of drug-likeness (QED) is 0.743. The Morgan fingerprint density at radius 2 is 1.71 bits per heavy atom. The summed E-state index contributed by atoms with van der Waals surface area (Å²) in [6, 6.07) is 11.1. The molecule has 0 spiro atoms. The lowest BCUT2D eigenvalue weighted by Crippen LogP contribution is -2.18. The fourth-order valence-corrected chi connectivity index (χ4v) is 3.43.